The highest BCUT2D eigenvalue weighted by Crippen LogP contribution is 2.26. The second-order valence-corrected chi connectivity index (χ2v) is 7.11. The van der Waals surface area contributed by atoms with Gasteiger partial charge >= 0.3 is 0 Å². The molecule has 0 N–H and O–H groups in total. The third kappa shape index (κ3) is 3.83. The minimum absolute atomic E-state index is 0.468. The molecule has 1 unspecified atom stereocenters. The lowest BCUT2D eigenvalue weighted by Gasteiger charge is -2.16. The molecule has 0 saturated carbocycles. The zero-order chi connectivity index (χ0) is 18.7. The Balaban J connectivity index is 1.81. The van der Waals surface area contributed by atoms with Crippen molar-refractivity contribution in [1.82, 2.24) is 19.6 Å². The molecule has 0 spiro atoms. The second kappa shape index (κ2) is 7.52. The molecule has 0 radical (unpaired) electrons. The topological polar surface area (TPSA) is 76.1 Å². The number of nitrogens with zero attached hydrogens (tertiary/aromatic N) is 5. The van der Waals surface area contributed by atoms with Crippen LogP contribution in [0.3, 0.4) is 0 Å². The van der Waals surface area contributed by atoms with Gasteiger partial charge in [0.2, 0.25) is 0 Å². The first kappa shape index (κ1) is 17.9. The molecule has 26 heavy (non-hydrogen) atoms. The normalized spacial score (nSPS) is 12.3. The lowest BCUT2D eigenvalue weighted by atomic mass is 10.00. The van der Waals surface area contributed by atoms with Crippen molar-refractivity contribution in [3.63, 3.8) is 0 Å². The summed E-state index contributed by atoms with van der Waals surface area (Å²) in [4.78, 5) is 9.00. The number of hydrogen-bond acceptors (Lipinski definition) is 5. The molecule has 3 heterocycles. The molecule has 0 amide bonds. The minimum Gasteiger partial charge on any atom is -0.491 e. The van der Waals surface area contributed by atoms with Crippen molar-refractivity contribution in [2.45, 2.75) is 34.1 Å². The summed E-state index contributed by atoms with van der Waals surface area (Å²) >= 11 is 0. The van der Waals surface area contributed by atoms with Crippen LogP contribution in [0, 0.1) is 30.1 Å². The Kier molecular flexibility index (Phi) is 5.17. The summed E-state index contributed by atoms with van der Waals surface area (Å²) in [5.74, 6) is 1.98. The van der Waals surface area contributed by atoms with Crippen LogP contribution in [0.15, 0.2) is 30.7 Å². The predicted octanol–water partition coefficient (Wildman–Crippen LogP) is 4.03. The van der Waals surface area contributed by atoms with E-state index in [1.807, 2.05) is 19.1 Å². The van der Waals surface area contributed by atoms with Crippen molar-refractivity contribution >= 4 is 5.65 Å². The van der Waals surface area contributed by atoms with Gasteiger partial charge in [-0.15, -0.1) is 0 Å². The van der Waals surface area contributed by atoms with E-state index in [0.717, 1.165) is 29.1 Å². The van der Waals surface area contributed by atoms with Gasteiger partial charge in [0, 0.05) is 6.20 Å². The van der Waals surface area contributed by atoms with Gasteiger partial charge in [0.15, 0.2) is 5.65 Å². The van der Waals surface area contributed by atoms with E-state index in [9.17, 15) is 0 Å². The molecule has 0 aliphatic rings. The van der Waals surface area contributed by atoms with Gasteiger partial charge in [-0.2, -0.15) is 10.4 Å². The fourth-order valence-electron chi connectivity index (χ4n) is 3.07. The van der Waals surface area contributed by atoms with Gasteiger partial charge in [0.25, 0.3) is 0 Å². The molecule has 6 heteroatoms. The van der Waals surface area contributed by atoms with E-state index in [0.29, 0.717) is 29.7 Å². The Labute approximate surface area is 153 Å². The van der Waals surface area contributed by atoms with Crippen molar-refractivity contribution in [2.75, 3.05) is 6.61 Å². The maximum atomic E-state index is 8.97. The highest BCUT2D eigenvalue weighted by atomic mass is 16.5. The van der Waals surface area contributed by atoms with Crippen LogP contribution in [0.1, 0.15) is 38.4 Å². The van der Waals surface area contributed by atoms with Gasteiger partial charge in [-0.25, -0.2) is 14.5 Å². The molecule has 3 rings (SSSR count). The number of hydrogen-bond donors (Lipinski definition) is 0. The largest absolute Gasteiger partial charge is 0.491 e. The zero-order valence-corrected chi connectivity index (χ0v) is 15.6. The fraction of sp³-hybridized carbons (Fsp3) is 0.400. The summed E-state index contributed by atoms with van der Waals surface area (Å²) in [6.45, 7) is 9.29. The molecular weight excluding hydrogens is 326 g/mol. The summed E-state index contributed by atoms with van der Waals surface area (Å²) in [6.07, 6.45) is 6.06. The fourth-order valence-corrected chi connectivity index (χ4v) is 3.07. The maximum absolute atomic E-state index is 8.97. The molecule has 6 nitrogen and oxygen atoms in total. The van der Waals surface area contributed by atoms with E-state index in [-0.39, 0.29) is 0 Å². The number of aromatic nitrogens is 4. The molecule has 0 aliphatic heterocycles. The van der Waals surface area contributed by atoms with E-state index >= 15 is 0 Å². The van der Waals surface area contributed by atoms with Gasteiger partial charge in [-0.05, 0) is 37.3 Å². The van der Waals surface area contributed by atoms with Crippen molar-refractivity contribution in [2.24, 2.45) is 11.8 Å². The minimum atomic E-state index is 0.468. The Bertz CT molecular complexity index is 954. The summed E-state index contributed by atoms with van der Waals surface area (Å²) in [7, 11) is 0. The number of rotatable bonds is 6. The monoisotopic (exact) mass is 349 g/mol. The van der Waals surface area contributed by atoms with Crippen LogP contribution < -0.4 is 4.74 Å². The van der Waals surface area contributed by atoms with Crippen LogP contribution >= 0.6 is 0 Å². The standard InChI is InChI=1S/C20H23N5O/c1-13(2)7-14(3)12-26-19-6-5-18(24-15(19)4)17-10-23-25-11-16(8-21)9-22-20(17)25/h5-6,9-11,13-14H,7,12H2,1-4H3. The van der Waals surface area contributed by atoms with E-state index in [2.05, 4.69) is 41.9 Å². The lowest BCUT2D eigenvalue weighted by molar-refractivity contribution is 0.237. The van der Waals surface area contributed by atoms with Crippen LogP contribution in [0.5, 0.6) is 5.75 Å². The SMILES string of the molecule is Cc1nc(-c2cnn3cc(C#N)cnc23)ccc1OCC(C)CC(C)C. The number of ether oxygens (including phenoxy) is 1. The van der Waals surface area contributed by atoms with Crippen LogP contribution in [0.25, 0.3) is 16.9 Å². The van der Waals surface area contributed by atoms with Gasteiger partial charge in [-0.3, -0.25) is 0 Å². The van der Waals surface area contributed by atoms with Crippen LogP contribution in [0.2, 0.25) is 0 Å². The van der Waals surface area contributed by atoms with Gasteiger partial charge in [0.05, 0.1) is 41.5 Å². The van der Waals surface area contributed by atoms with Crippen LogP contribution in [-0.2, 0) is 0 Å². The highest BCUT2D eigenvalue weighted by molar-refractivity contribution is 5.74. The second-order valence-electron chi connectivity index (χ2n) is 7.11. The van der Waals surface area contributed by atoms with Gasteiger partial charge in [-0.1, -0.05) is 20.8 Å². The predicted molar refractivity (Wildman–Crippen MR) is 99.8 cm³/mol. The Morgan fingerprint density at radius 3 is 2.73 bits per heavy atom. The molecule has 0 bridgehead atoms. The molecule has 0 fully saturated rings. The van der Waals surface area contributed by atoms with Crippen LogP contribution in [0.4, 0.5) is 0 Å². The smallest absolute Gasteiger partial charge is 0.164 e. The van der Waals surface area contributed by atoms with E-state index in [1.165, 1.54) is 0 Å². The Morgan fingerprint density at radius 1 is 1.23 bits per heavy atom. The zero-order valence-electron chi connectivity index (χ0n) is 15.6. The third-order valence-corrected chi connectivity index (χ3v) is 4.20. The maximum Gasteiger partial charge on any atom is 0.164 e. The van der Waals surface area contributed by atoms with Crippen molar-refractivity contribution in [3.05, 3.63) is 42.0 Å². The van der Waals surface area contributed by atoms with E-state index < -0.39 is 0 Å². The van der Waals surface area contributed by atoms with Crippen molar-refractivity contribution in [3.8, 4) is 23.1 Å². The van der Waals surface area contributed by atoms with Gasteiger partial charge < -0.3 is 4.74 Å². The molecule has 3 aromatic rings. The summed E-state index contributed by atoms with van der Waals surface area (Å²) in [5.41, 5.74) is 3.60. The Morgan fingerprint density at radius 2 is 2.04 bits per heavy atom. The number of fused-ring (bicyclic) bond motifs is 1. The quantitative estimate of drug-likeness (QED) is 0.671. The first-order valence-electron chi connectivity index (χ1n) is 8.82. The molecular formula is C20H23N5O. The van der Waals surface area contributed by atoms with Gasteiger partial charge in [0.1, 0.15) is 11.8 Å². The summed E-state index contributed by atoms with van der Waals surface area (Å²) in [5, 5.41) is 13.2. The molecule has 0 saturated heterocycles. The average Bonchev–Trinajstić information content (AvgIpc) is 3.03. The van der Waals surface area contributed by atoms with E-state index in [4.69, 9.17) is 10.00 Å². The van der Waals surface area contributed by atoms with Crippen LogP contribution in [-0.4, -0.2) is 26.2 Å². The average molecular weight is 349 g/mol. The number of aryl methyl sites for hydroxylation is 1. The molecule has 1 atom stereocenters. The lowest BCUT2D eigenvalue weighted by Crippen LogP contribution is -2.11. The van der Waals surface area contributed by atoms with Crippen molar-refractivity contribution in [1.29, 1.82) is 5.26 Å². The first-order chi connectivity index (χ1) is 12.5. The van der Waals surface area contributed by atoms with E-state index in [1.54, 1.807) is 23.1 Å². The Hall–Kier alpha value is -2.94. The number of pyridine rings is 1. The van der Waals surface area contributed by atoms with Crippen molar-refractivity contribution < 1.29 is 4.74 Å². The summed E-state index contributed by atoms with van der Waals surface area (Å²) in [6, 6.07) is 5.94. The molecule has 0 aliphatic carbocycles. The third-order valence-electron chi connectivity index (χ3n) is 4.20. The molecule has 134 valence electrons. The first-order valence-corrected chi connectivity index (χ1v) is 8.82. The molecule has 3 aromatic heterocycles. The number of nitriles is 1. The highest BCUT2D eigenvalue weighted by Gasteiger charge is 2.13. The molecule has 0 aromatic carbocycles. The summed E-state index contributed by atoms with van der Waals surface area (Å²) < 4.78 is 7.55.